The summed E-state index contributed by atoms with van der Waals surface area (Å²) in [5.74, 6) is 2.26. The number of hydrogen-bond donors (Lipinski definition) is 1. The third-order valence-corrected chi connectivity index (χ3v) is 4.36. The second kappa shape index (κ2) is 7.29. The molecule has 0 aromatic carbocycles. The van der Waals surface area contributed by atoms with Crippen LogP contribution in [0.5, 0.6) is 0 Å². The minimum Gasteiger partial charge on any atom is -0.316 e. The summed E-state index contributed by atoms with van der Waals surface area (Å²) in [6.45, 7) is 4.27. The maximum absolute atomic E-state index is 6.35. The number of aromatic nitrogens is 2. The molecule has 0 aliphatic heterocycles. The van der Waals surface area contributed by atoms with Crippen LogP contribution < -0.4 is 5.32 Å². The summed E-state index contributed by atoms with van der Waals surface area (Å²) in [5, 5.41) is 8.64. The summed E-state index contributed by atoms with van der Waals surface area (Å²) in [7, 11) is 3.98. The lowest BCUT2D eigenvalue weighted by molar-refractivity contribution is 0.581. The van der Waals surface area contributed by atoms with Gasteiger partial charge in [0, 0.05) is 25.3 Å². The number of rotatable bonds is 7. The summed E-state index contributed by atoms with van der Waals surface area (Å²) in [5.41, 5.74) is 2.14. The number of halogens is 1. The Hall–Kier alpha value is -0.190. The van der Waals surface area contributed by atoms with Gasteiger partial charge in [-0.15, -0.1) is 0 Å². The number of nitrogens with zero attached hydrogens (tertiary/aromatic N) is 2. The van der Waals surface area contributed by atoms with Crippen LogP contribution in [-0.2, 0) is 19.9 Å². The molecule has 1 rings (SSSR count). The molecule has 0 amide bonds. The van der Waals surface area contributed by atoms with E-state index in [2.05, 4.69) is 24.3 Å². The van der Waals surface area contributed by atoms with Crippen LogP contribution in [-0.4, -0.2) is 34.4 Å². The van der Waals surface area contributed by atoms with Crippen LogP contribution in [0, 0.1) is 0 Å². The SMILES string of the molecule is CCSCC(Cc1c(Cl)c(CC)nn1C)NC. The molecule has 0 spiro atoms. The van der Waals surface area contributed by atoms with Crippen LogP contribution >= 0.6 is 23.4 Å². The molecule has 1 heterocycles. The Labute approximate surface area is 113 Å². The quantitative estimate of drug-likeness (QED) is 0.829. The van der Waals surface area contributed by atoms with E-state index in [4.69, 9.17) is 11.6 Å². The van der Waals surface area contributed by atoms with Crippen molar-refractivity contribution in [2.75, 3.05) is 18.6 Å². The second-order valence-corrected chi connectivity index (χ2v) is 5.73. The number of likely N-dealkylation sites (N-methyl/N-ethyl adjacent to an activating group) is 1. The molecule has 0 aliphatic carbocycles. The number of nitrogens with one attached hydrogen (secondary N) is 1. The molecule has 0 fully saturated rings. The number of thioether (sulfide) groups is 1. The first-order valence-corrected chi connectivity index (χ1v) is 7.62. The van der Waals surface area contributed by atoms with Gasteiger partial charge < -0.3 is 5.32 Å². The summed E-state index contributed by atoms with van der Waals surface area (Å²) < 4.78 is 1.92. The molecule has 0 bridgehead atoms. The van der Waals surface area contributed by atoms with Gasteiger partial charge in [0.1, 0.15) is 0 Å². The van der Waals surface area contributed by atoms with E-state index in [1.807, 2.05) is 30.5 Å². The lowest BCUT2D eigenvalue weighted by Crippen LogP contribution is -2.31. The smallest absolute Gasteiger partial charge is 0.0850 e. The molecule has 1 aromatic rings. The minimum atomic E-state index is 0.456. The highest BCUT2D eigenvalue weighted by Gasteiger charge is 2.16. The Morgan fingerprint density at radius 2 is 2.18 bits per heavy atom. The largest absolute Gasteiger partial charge is 0.316 e. The van der Waals surface area contributed by atoms with Crippen molar-refractivity contribution in [1.29, 1.82) is 0 Å². The number of aryl methyl sites for hydroxylation is 2. The Morgan fingerprint density at radius 1 is 1.47 bits per heavy atom. The molecule has 5 heteroatoms. The lowest BCUT2D eigenvalue weighted by atomic mass is 10.1. The van der Waals surface area contributed by atoms with Gasteiger partial charge in [0.05, 0.1) is 16.4 Å². The van der Waals surface area contributed by atoms with Crippen molar-refractivity contribution in [3.05, 3.63) is 16.4 Å². The van der Waals surface area contributed by atoms with Gasteiger partial charge in [0.25, 0.3) is 0 Å². The van der Waals surface area contributed by atoms with Crippen molar-refractivity contribution in [2.45, 2.75) is 32.7 Å². The Morgan fingerprint density at radius 3 is 2.65 bits per heavy atom. The number of hydrogen-bond acceptors (Lipinski definition) is 3. The zero-order chi connectivity index (χ0) is 12.8. The van der Waals surface area contributed by atoms with Crippen LogP contribution in [0.1, 0.15) is 25.2 Å². The van der Waals surface area contributed by atoms with Gasteiger partial charge in [-0.05, 0) is 19.2 Å². The van der Waals surface area contributed by atoms with Crippen LogP contribution in [0.15, 0.2) is 0 Å². The van der Waals surface area contributed by atoms with Crippen molar-refractivity contribution < 1.29 is 0 Å². The fraction of sp³-hybridized carbons (Fsp3) is 0.750. The van der Waals surface area contributed by atoms with E-state index in [9.17, 15) is 0 Å². The zero-order valence-electron chi connectivity index (χ0n) is 11.1. The topological polar surface area (TPSA) is 29.9 Å². The zero-order valence-corrected chi connectivity index (χ0v) is 12.7. The van der Waals surface area contributed by atoms with Crippen molar-refractivity contribution in [3.63, 3.8) is 0 Å². The van der Waals surface area contributed by atoms with Gasteiger partial charge in [-0.3, -0.25) is 4.68 Å². The molecule has 1 unspecified atom stereocenters. The second-order valence-electron chi connectivity index (χ2n) is 4.03. The first kappa shape index (κ1) is 14.9. The fourth-order valence-electron chi connectivity index (χ4n) is 1.78. The van der Waals surface area contributed by atoms with E-state index < -0.39 is 0 Å². The van der Waals surface area contributed by atoms with Crippen LogP contribution in [0.3, 0.4) is 0 Å². The van der Waals surface area contributed by atoms with Crippen molar-refractivity contribution in [1.82, 2.24) is 15.1 Å². The summed E-state index contributed by atoms with van der Waals surface area (Å²) in [4.78, 5) is 0. The highest BCUT2D eigenvalue weighted by Crippen LogP contribution is 2.22. The lowest BCUT2D eigenvalue weighted by Gasteiger charge is -2.15. The van der Waals surface area contributed by atoms with Crippen LogP contribution in [0.2, 0.25) is 5.02 Å². The average Bonchev–Trinajstić information content (AvgIpc) is 2.60. The highest BCUT2D eigenvalue weighted by atomic mass is 35.5. The predicted octanol–water partition coefficient (Wildman–Crippen LogP) is 2.52. The van der Waals surface area contributed by atoms with Crippen molar-refractivity contribution >= 4 is 23.4 Å². The van der Waals surface area contributed by atoms with E-state index in [1.165, 1.54) is 0 Å². The van der Waals surface area contributed by atoms with E-state index in [-0.39, 0.29) is 0 Å². The summed E-state index contributed by atoms with van der Waals surface area (Å²) in [6, 6.07) is 0.456. The van der Waals surface area contributed by atoms with Gasteiger partial charge in [0.15, 0.2) is 0 Å². The molecule has 1 aromatic heterocycles. The molecule has 1 atom stereocenters. The third kappa shape index (κ3) is 3.90. The highest BCUT2D eigenvalue weighted by molar-refractivity contribution is 7.99. The molecule has 3 nitrogen and oxygen atoms in total. The summed E-state index contributed by atoms with van der Waals surface area (Å²) >= 11 is 8.30. The van der Waals surface area contributed by atoms with Gasteiger partial charge >= 0.3 is 0 Å². The Kier molecular flexibility index (Phi) is 6.38. The molecule has 0 aliphatic rings. The maximum atomic E-state index is 6.35. The van der Waals surface area contributed by atoms with Gasteiger partial charge in [-0.1, -0.05) is 25.4 Å². The van der Waals surface area contributed by atoms with E-state index in [0.717, 1.165) is 40.8 Å². The van der Waals surface area contributed by atoms with E-state index in [0.29, 0.717) is 6.04 Å². The average molecular weight is 276 g/mol. The predicted molar refractivity (Wildman–Crippen MR) is 77.1 cm³/mol. The molecule has 0 radical (unpaired) electrons. The fourth-order valence-corrected chi connectivity index (χ4v) is 2.96. The van der Waals surface area contributed by atoms with Crippen LogP contribution in [0.4, 0.5) is 0 Å². The normalized spacial score (nSPS) is 13.0. The summed E-state index contributed by atoms with van der Waals surface area (Å²) in [6.07, 6.45) is 1.83. The first-order valence-electron chi connectivity index (χ1n) is 6.09. The molecular formula is C12H22ClN3S. The Bertz CT molecular complexity index is 352. The molecule has 0 saturated carbocycles. The maximum Gasteiger partial charge on any atom is 0.0850 e. The standard InChI is InChI=1S/C12H22ClN3S/c1-5-10-12(13)11(16(4)15-10)7-9(14-3)8-17-6-2/h9,14H,5-8H2,1-4H3. The molecule has 98 valence electrons. The van der Waals surface area contributed by atoms with Gasteiger partial charge in [-0.25, -0.2) is 0 Å². The van der Waals surface area contributed by atoms with Gasteiger partial charge in [0.2, 0.25) is 0 Å². The van der Waals surface area contributed by atoms with Gasteiger partial charge in [-0.2, -0.15) is 16.9 Å². The van der Waals surface area contributed by atoms with E-state index in [1.54, 1.807) is 0 Å². The monoisotopic (exact) mass is 275 g/mol. The third-order valence-electron chi connectivity index (χ3n) is 2.87. The molecule has 1 N–H and O–H groups in total. The van der Waals surface area contributed by atoms with E-state index >= 15 is 0 Å². The first-order chi connectivity index (χ1) is 8.13. The van der Waals surface area contributed by atoms with Crippen molar-refractivity contribution in [2.24, 2.45) is 7.05 Å². The molecular weight excluding hydrogens is 254 g/mol. The van der Waals surface area contributed by atoms with Crippen LogP contribution in [0.25, 0.3) is 0 Å². The molecule has 0 saturated heterocycles. The minimum absolute atomic E-state index is 0.456. The van der Waals surface area contributed by atoms with Crippen molar-refractivity contribution in [3.8, 4) is 0 Å². The molecule has 17 heavy (non-hydrogen) atoms. The Balaban J connectivity index is 2.75.